The van der Waals surface area contributed by atoms with E-state index in [2.05, 4.69) is 4.98 Å². The molecule has 1 unspecified atom stereocenters. The predicted octanol–water partition coefficient (Wildman–Crippen LogP) is 5.42. The smallest absolute Gasteiger partial charge is 0.416 e. The van der Waals surface area contributed by atoms with Crippen molar-refractivity contribution >= 4 is 23.1 Å². The number of carboxylic acid groups (broad SMARTS) is 1. The van der Waals surface area contributed by atoms with Crippen LogP contribution in [0.1, 0.15) is 31.7 Å². The highest BCUT2D eigenvalue weighted by atomic mass is 16.6. The fraction of sp³-hybridized carbons (Fsp3) is 0.300. The summed E-state index contributed by atoms with van der Waals surface area (Å²) in [6, 6.07) is 18.4. The van der Waals surface area contributed by atoms with Crippen LogP contribution in [-0.2, 0) is 25.0 Å². The third-order valence-electron chi connectivity index (χ3n) is 6.45. The maximum absolute atomic E-state index is 13.1. The number of ether oxygens (including phenoxy) is 4. The Hall–Kier alpha value is -4.73. The number of carbonyl (C=O) groups is 2. The van der Waals surface area contributed by atoms with Crippen LogP contribution < -0.4 is 18.9 Å². The van der Waals surface area contributed by atoms with E-state index in [1.165, 1.54) is 4.90 Å². The molecule has 1 atom stereocenters. The fourth-order valence-corrected chi connectivity index (χ4v) is 4.27. The van der Waals surface area contributed by atoms with Gasteiger partial charge in [0.2, 0.25) is 0 Å². The molecule has 210 valence electrons. The van der Waals surface area contributed by atoms with E-state index in [-0.39, 0.29) is 19.6 Å². The molecule has 1 amide bonds. The Labute approximate surface area is 232 Å². The largest absolute Gasteiger partial charge is 0.497 e. The van der Waals surface area contributed by atoms with Crippen molar-refractivity contribution in [2.45, 2.75) is 39.5 Å². The molecule has 0 saturated carbocycles. The standard InChI is InChI=1S/C30H33N3O7/c1-5-26(29(34)35)33(30(36)40-23-13-11-21(12-14-23)38-6-2)18-20-7-9-22(10-8-20)39-19-28-31-25-16-15-24(37-4)17-27(25)32(28)3/h7-17,26H,5-6,18-19H2,1-4H3,(H,34,35). The van der Waals surface area contributed by atoms with Gasteiger partial charge in [-0.05, 0) is 67.4 Å². The van der Waals surface area contributed by atoms with Crippen LogP contribution in [0.3, 0.4) is 0 Å². The molecule has 0 saturated heterocycles. The van der Waals surface area contributed by atoms with Crippen LogP contribution in [0, 0.1) is 0 Å². The third kappa shape index (κ3) is 6.63. The second kappa shape index (κ2) is 12.9. The number of fused-ring (bicyclic) bond motifs is 1. The zero-order valence-electron chi connectivity index (χ0n) is 23.0. The van der Waals surface area contributed by atoms with E-state index >= 15 is 0 Å². The van der Waals surface area contributed by atoms with Gasteiger partial charge in [0.05, 0.1) is 24.8 Å². The Morgan fingerprint density at radius 2 is 1.55 bits per heavy atom. The van der Waals surface area contributed by atoms with E-state index < -0.39 is 18.1 Å². The minimum Gasteiger partial charge on any atom is -0.497 e. The Kier molecular flexibility index (Phi) is 9.11. The summed E-state index contributed by atoms with van der Waals surface area (Å²) in [7, 11) is 3.55. The van der Waals surface area contributed by atoms with Crippen molar-refractivity contribution in [2.24, 2.45) is 7.05 Å². The van der Waals surface area contributed by atoms with E-state index in [4.69, 9.17) is 18.9 Å². The van der Waals surface area contributed by atoms with Crippen LogP contribution in [-0.4, -0.2) is 51.4 Å². The molecule has 10 nitrogen and oxygen atoms in total. The van der Waals surface area contributed by atoms with Gasteiger partial charge < -0.3 is 28.6 Å². The first-order valence-electron chi connectivity index (χ1n) is 13.0. The van der Waals surface area contributed by atoms with Gasteiger partial charge in [-0.15, -0.1) is 0 Å². The van der Waals surface area contributed by atoms with Crippen LogP contribution in [0.4, 0.5) is 4.79 Å². The first-order valence-corrected chi connectivity index (χ1v) is 13.0. The van der Waals surface area contributed by atoms with E-state index in [0.717, 1.165) is 28.2 Å². The summed E-state index contributed by atoms with van der Waals surface area (Å²) in [6.07, 6.45) is -0.532. The first kappa shape index (κ1) is 28.3. The second-order valence-electron chi connectivity index (χ2n) is 9.04. The summed E-state index contributed by atoms with van der Waals surface area (Å²) in [5, 5.41) is 9.76. The van der Waals surface area contributed by atoms with Crippen molar-refractivity contribution in [1.82, 2.24) is 14.5 Å². The molecule has 40 heavy (non-hydrogen) atoms. The van der Waals surface area contributed by atoms with Crippen LogP contribution in [0.5, 0.6) is 23.0 Å². The van der Waals surface area contributed by atoms with Crippen molar-refractivity contribution in [3.05, 3.63) is 78.1 Å². The maximum atomic E-state index is 13.1. The van der Waals surface area contributed by atoms with Gasteiger partial charge in [0.15, 0.2) is 0 Å². The molecule has 0 aliphatic heterocycles. The molecule has 1 aromatic heterocycles. The molecule has 0 spiro atoms. The van der Waals surface area contributed by atoms with Crippen LogP contribution in [0.15, 0.2) is 66.7 Å². The molecule has 10 heteroatoms. The van der Waals surface area contributed by atoms with E-state index in [0.29, 0.717) is 23.9 Å². The number of nitrogens with zero attached hydrogens (tertiary/aromatic N) is 3. The Bertz CT molecular complexity index is 1450. The van der Waals surface area contributed by atoms with Gasteiger partial charge in [-0.25, -0.2) is 14.6 Å². The highest BCUT2D eigenvalue weighted by Crippen LogP contribution is 2.24. The molecule has 0 fully saturated rings. The number of carbonyl (C=O) groups excluding carboxylic acids is 1. The summed E-state index contributed by atoms with van der Waals surface area (Å²) in [5.74, 6) is 1.96. The number of carboxylic acids is 1. The molecular weight excluding hydrogens is 514 g/mol. The number of hydrogen-bond acceptors (Lipinski definition) is 7. The van der Waals surface area contributed by atoms with Crippen LogP contribution in [0.25, 0.3) is 11.0 Å². The van der Waals surface area contributed by atoms with E-state index in [9.17, 15) is 14.7 Å². The van der Waals surface area contributed by atoms with Gasteiger partial charge in [-0.2, -0.15) is 0 Å². The molecule has 1 N–H and O–H groups in total. The quantitative estimate of drug-likeness (QED) is 0.250. The van der Waals surface area contributed by atoms with Crippen molar-refractivity contribution in [3.63, 3.8) is 0 Å². The molecule has 0 bridgehead atoms. The van der Waals surface area contributed by atoms with Gasteiger partial charge >= 0.3 is 12.1 Å². The van der Waals surface area contributed by atoms with Crippen molar-refractivity contribution < 1.29 is 33.6 Å². The van der Waals surface area contributed by atoms with Gasteiger partial charge in [-0.3, -0.25) is 4.90 Å². The van der Waals surface area contributed by atoms with Gasteiger partial charge in [-0.1, -0.05) is 19.1 Å². The number of methoxy groups -OCH3 is 1. The number of aromatic nitrogens is 2. The summed E-state index contributed by atoms with van der Waals surface area (Å²) in [6.45, 7) is 4.41. The number of aryl methyl sites for hydroxylation is 1. The summed E-state index contributed by atoms with van der Waals surface area (Å²) < 4.78 is 24.1. The molecule has 4 rings (SSSR count). The lowest BCUT2D eigenvalue weighted by atomic mass is 10.1. The van der Waals surface area contributed by atoms with E-state index in [1.54, 1.807) is 62.6 Å². The minimum absolute atomic E-state index is 0.0491. The second-order valence-corrected chi connectivity index (χ2v) is 9.04. The summed E-state index contributed by atoms with van der Waals surface area (Å²) >= 11 is 0. The van der Waals surface area contributed by atoms with Crippen molar-refractivity contribution in [1.29, 1.82) is 0 Å². The maximum Gasteiger partial charge on any atom is 0.416 e. The fourth-order valence-electron chi connectivity index (χ4n) is 4.27. The zero-order chi connectivity index (χ0) is 28.6. The number of benzene rings is 3. The Morgan fingerprint density at radius 1 is 0.925 bits per heavy atom. The molecule has 0 radical (unpaired) electrons. The lowest BCUT2D eigenvalue weighted by Gasteiger charge is -2.27. The number of hydrogen-bond donors (Lipinski definition) is 1. The normalized spacial score (nSPS) is 11.6. The summed E-state index contributed by atoms with van der Waals surface area (Å²) in [5.41, 5.74) is 2.51. The monoisotopic (exact) mass is 547 g/mol. The van der Waals surface area contributed by atoms with Crippen LogP contribution in [0.2, 0.25) is 0 Å². The lowest BCUT2D eigenvalue weighted by molar-refractivity contribution is -0.142. The molecule has 0 aliphatic carbocycles. The average Bonchev–Trinajstić information content (AvgIpc) is 3.27. The number of imidazole rings is 1. The summed E-state index contributed by atoms with van der Waals surface area (Å²) in [4.78, 5) is 30.9. The first-order chi connectivity index (χ1) is 19.3. The predicted molar refractivity (Wildman–Crippen MR) is 149 cm³/mol. The van der Waals surface area contributed by atoms with Gasteiger partial charge in [0.25, 0.3) is 0 Å². The minimum atomic E-state index is -1.11. The highest BCUT2D eigenvalue weighted by molar-refractivity contribution is 5.81. The zero-order valence-corrected chi connectivity index (χ0v) is 23.0. The SMILES string of the molecule is CCOc1ccc(OC(=O)N(Cc2ccc(OCc3nc4ccc(OC)cc4n3C)cc2)C(CC)C(=O)O)cc1. The van der Waals surface area contributed by atoms with E-state index in [1.807, 2.05) is 36.7 Å². The molecular formula is C30H33N3O7. The lowest BCUT2D eigenvalue weighted by Crippen LogP contribution is -2.45. The molecule has 4 aromatic rings. The average molecular weight is 548 g/mol. The molecule has 1 heterocycles. The highest BCUT2D eigenvalue weighted by Gasteiger charge is 2.30. The topological polar surface area (TPSA) is 112 Å². The Morgan fingerprint density at radius 3 is 2.17 bits per heavy atom. The number of rotatable bonds is 12. The number of aliphatic carboxylic acids is 1. The van der Waals surface area contributed by atoms with Crippen molar-refractivity contribution in [3.8, 4) is 23.0 Å². The Balaban J connectivity index is 1.44. The van der Waals surface area contributed by atoms with Crippen LogP contribution >= 0.6 is 0 Å². The van der Waals surface area contributed by atoms with Gasteiger partial charge in [0, 0.05) is 19.7 Å². The molecule has 3 aromatic carbocycles. The molecule has 0 aliphatic rings. The van der Waals surface area contributed by atoms with Gasteiger partial charge in [0.1, 0.15) is 41.5 Å². The van der Waals surface area contributed by atoms with Crippen molar-refractivity contribution in [2.75, 3.05) is 13.7 Å². The number of amides is 1. The third-order valence-corrected chi connectivity index (χ3v) is 6.45.